The van der Waals surface area contributed by atoms with Gasteiger partial charge in [0.05, 0.1) is 13.0 Å². The van der Waals surface area contributed by atoms with Crippen LogP contribution in [0, 0.1) is 5.92 Å². The number of rotatable bonds is 5. The summed E-state index contributed by atoms with van der Waals surface area (Å²) in [4.78, 5) is 15.2. The standard InChI is InChI=1S/C12H18N2O2/c1-9(12(15)16-3)10(2)14-8-11-4-6-13-7-5-11/h4-7,9-10,14H,8H2,1-3H3. The van der Waals surface area contributed by atoms with Gasteiger partial charge in [-0.2, -0.15) is 0 Å². The number of aromatic nitrogens is 1. The third-order valence-corrected chi connectivity index (χ3v) is 2.70. The fourth-order valence-corrected chi connectivity index (χ4v) is 1.35. The number of ether oxygens (including phenoxy) is 1. The first kappa shape index (κ1) is 12.6. The second-order valence-electron chi connectivity index (χ2n) is 3.84. The minimum atomic E-state index is -0.185. The van der Waals surface area contributed by atoms with E-state index in [4.69, 9.17) is 4.74 Å². The molecule has 2 atom stereocenters. The van der Waals surface area contributed by atoms with Crippen LogP contribution in [0.15, 0.2) is 24.5 Å². The summed E-state index contributed by atoms with van der Waals surface area (Å²) in [5.41, 5.74) is 1.15. The van der Waals surface area contributed by atoms with E-state index in [0.29, 0.717) is 0 Å². The van der Waals surface area contributed by atoms with Crippen molar-refractivity contribution in [2.45, 2.75) is 26.4 Å². The molecule has 1 aromatic heterocycles. The summed E-state index contributed by atoms with van der Waals surface area (Å²) < 4.78 is 4.70. The molecule has 16 heavy (non-hydrogen) atoms. The molecule has 1 rings (SSSR count). The Bertz CT molecular complexity index is 327. The predicted molar refractivity (Wildman–Crippen MR) is 61.7 cm³/mol. The zero-order chi connectivity index (χ0) is 12.0. The zero-order valence-electron chi connectivity index (χ0n) is 9.93. The predicted octanol–water partition coefficient (Wildman–Crippen LogP) is 1.37. The van der Waals surface area contributed by atoms with Gasteiger partial charge < -0.3 is 10.1 Å². The van der Waals surface area contributed by atoms with Gasteiger partial charge in [0.1, 0.15) is 0 Å². The first-order valence-corrected chi connectivity index (χ1v) is 5.35. The number of methoxy groups -OCH3 is 1. The number of hydrogen-bond acceptors (Lipinski definition) is 4. The van der Waals surface area contributed by atoms with Gasteiger partial charge in [-0.3, -0.25) is 9.78 Å². The van der Waals surface area contributed by atoms with E-state index < -0.39 is 0 Å². The van der Waals surface area contributed by atoms with Crippen molar-refractivity contribution in [1.29, 1.82) is 0 Å². The molecule has 0 saturated heterocycles. The van der Waals surface area contributed by atoms with E-state index in [1.54, 1.807) is 12.4 Å². The SMILES string of the molecule is COC(=O)C(C)C(C)NCc1ccncc1. The Morgan fingerprint density at radius 1 is 1.44 bits per heavy atom. The normalized spacial score (nSPS) is 14.2. The van der Waals surface area contributed by atoms with Crippen molar-refractivity contribution in [2.75, 3.05) is 7.11 Å². The van der Waals surface area contributed by atoms with Crippen molar-refractivity contribution < 1.29 is 9.53 Å². The third-order valence-electron chi connectivity index (χ3n) is 2.70. The molecular formula is C12H18N2O2. The number of carbonyl (C=O) groups is 1. The molecular weight excluding hydrogens is 204 g/mol. The average Bonchev–Trinajstić information content (AvgIpc) is 2.35. The van der Waals surface area contributed by atoms with Crippen LogP contribution in [-0.4, -0.2) is 24.1 Å². The Kier molecular flexibility index (Phi) is 4.92. The lowest BCUT2D eigenvalue weighted by atomic mass is 10.0. The van der Waals surface area contributed by atoms with E-state index in [1.165, 1.54) is 7.11 Å². The van der Waals surface area contributed by atoms with Crippen LogP contribution in [0.5, 0.6) is 0 Å². The van der Waals surface area contributed by atoms with Gasteiger partial charge in [-0.15, -0.1) is 0 Å². The summed E-state index contributed by atoms with van der Waals surface area (Å²) in [7, 11) is 1.41. The Balaban J connectivity index is 2.41. The van der Waals surface area contributed by atoms with Gasteiger partial charge in [0.15, 0.2) is 0 Å². The van der Waals surface area contributed by atoms with Crippen LogP contribution in [0.25, 0.3) is 0 Å². The summed E-state index contributed by atoms with van der Waals surface area (Å²) >= 11 is 0. The molecule has 1 aromatic rings. The molecule has 0 fully saturated rings. The molecule has 88 valence electrons. The van der Waals surface area contributed by atoms with Gasteiger partial charge in [-0.05, 0) is 24.6 Å². The molecule has 4 heteroatoms. The van der Waals surface area contributed by atoms with Crippen LogP contribution in [0.3, 0.4) is 0 Å². The summed E-state index contributed by atoms with van der Waals surface area (Å²) in [6.07, 6.45) is 3.51. The van der Waals surface area contributed by atoms with E-state index in [2.05, 4.69) is 10.3 Å². The largest absolute Gasteiger partial charge is 0.469 e. The molecule has 2 unspecified atom stereocenters. The summed E-state index contributed by atoms with van der Waals surface area (Å²) in [5.74, 6) is -0.332. The molecule has 0 aliphatic rings. The Hall–Kier alpha value is -1.42. The first-order valence-electron chi connectivity index (χ1n) is 5.35. The van der Waals surface area contributed by atoms with E-state index in [0.717, 1.165) is 12.1 Å². The van der Waals surface area contributed by atoms with E-state index in [1.807, 2.05) is 26.0 Å². The summed E-state index contributed by atoms with van der Waals surface area (Å²) in [5, 5.41) is 3.29. The van der Waals surface area contributed by atoms with E-state index >= 15 is 0 Å². The van der Waals surface area contributed by atoms with Gasteiger partial charge >= 0.3 is 5.97 Å². The third kappa shape index (κ3) is 3.62. The van der Waals surface area contributed by atoms with Crippen LogP contribution >= 0.6 is 0 Å². The summed E-state index contributed by atoms with van der Waals surface area (Å²) in [6, 6.07) is 3.98. The van der Waals surface area contributed by atoms with Crippen LogP contribution in [0.2, 0.25) is 0 Å². The van der Waals surface area contributed by atoms with Crippen LogP contribution in [-0.2, 0) is 16.1 Å². The molecule has 0 aromatic carbocycles. The molecule has 1 heterocycles. The molecule has 4 nitrogen and oxygen atoms in total. The lowest BCUT2D eigenvalue weighted by molar-refractivity contribution is -0.145. The van der Waals surface area contributed by atoms with Crippen LogP contribution in [0.1, 0.15) is 19.4 Å². The molecule has 0 amide bonds. The topological polar surface area (TPSA) is 51.2 Å². The lowest BCUT2D eigenvalue weighted by Crippen LogP contribution is -2.36. The van der Waals surface area contributed by atoms with Gasteiger partial charge in [0.25, 0.3) is 0 Å². The monoisotopic (exact) mass is 222 g/mol. The highest BCUT2D eigenvalue weighted by Gasteiger charge is 2.19. The van der Waals surface area contributed by atoms with Gasteiger partial charge in [0, 0.05) is 25.0 Å². The second kappa shape index (κ2) is 6.23. The highest BCUT2D eigenvalue weighted by molar-refractivity contribution is 5.72. The van der Waals surface area contributed by atoms with Gasteiger partial charge in [-0.25, -0.2) is 0 Å². The smallest absolute Gasteiger partial charge is 0.309 e. The second-order valence-corrected chi connectivity index (χ2v) is 3.84. The van der Waals surface area contributed by atoms with Gasteiger partial charge in [-0.1, -0.05) is 6.92 Å². The number of pyridine rings is 1. The number of nitrogens with zero attached hydrogens (tertiary/aromatic N) is 1. The number of carbonyl (C=O) groups excluding carboxylic acids is 1. The highest BCUT2D eigenvalue weighted by atomic mass is 16.5. The maximum Gasteiger partial charge on any atom is 0.309 e. The van der Waals surface area contributed by atoms with Crippen molar-refractivity contribution in [2.24, 2.45) is 5.92 Å². The fourth-order valence-electron chi connectivity index (χ4n) is 1.35. The minimum Gasteiger partial charge on any atom is -0.469 e. The molecule has 0 spiro atoms. The summed E-state index contributed by atoms with van der Waals surface area (Å²) in [6.45, 7) is 4.56. The highest BCUT2D eigenvalue weighted by Crippen LogP contribution is 2.06. The maximum atomic E-state index is 11.3. The van der Waals surface area contributed by atoms with Crippen molar-refractivity contribution in [3.8, 4) is 0 Å². The lowest BCUT2D eigenvalue weighted by Gasteiger charge is -2.19. The quantitative estimate of drug-likeness (QED) is 0.764. The molecule has 0 bridgehead atoms. The maximum absolute atomic E-state index is 11.3. The molecule has 0 aliphatic carbocycles. The van der Waals surface area contributed by atoms with E-state index in [-0.39, 0.29) is 17.9 Å². The van der Waals surface area contributed by atoms with Crippen molar-refractivity contribution in [3.63, 3.8) is 0 Å². The number of nitrogens with one attached hydrogen (secondary N) is 1. The van der Waals surface area contributed by atoms with Crippen molar-refractivity contribution >= 4 is 5.97 Å². The number of hydrogen-bond donors (Lipinski definition) is 1. The Labute approximate surface area is 96.0 Å². The van der Waals surface area contributed by atoms with Crippen molar-refractivity contribution in [1.82, 2.24) is 10.3 Å². The number of esters is 1. The first-order chi connectivity index (χ1) is 7.65. The Morgan fingerprint density at radius 3 is 2.62 bits per heavy atom. The van der Waals surface area contributed by atoms with Crippen molar-refractivity contribution in [3.05, 3.63) is 30.1 Å². The molecule has 0 aliphatic heterocycles. The fraction of sp³-hybridized carbons (Fsp3) is 0.500. The zero-order valence-corrected chi connectivity index (χ0v) is 9.93. The van der Waals surface area contributed by atoms with Gasteiger partial charge in [0.2, 0.25) is 0 Å². The van der Waals surface area contributed by atoms with Crippen LogP contribution < -0.4 is 5.32 Å². The van der Waals surface area contributed by atoms with Crippen LogP contribution in [0.4, 0.5) is 0 Å². The molecule has 0 saturated carbocycles. The molecule has 0 radical (unpaired) electrons. The minimum absolute atomic E-state index is 0.0839. The molecule has 1 N–H and O–H groups in total. The Morgan fingerprint density at radius 2 is 2.06 bits per heavy atom. The average molecular weight is 222 g/mol. The van der Waals surface area contributed by atoms with E-state index in [9.17, 15) is 4.79 Å².